The number of ether oxygens (including phenoxy) is 2. The van der Waals surface area contributed by atoms with Crippen LogP contribution in [-0.2, 0) is 22.5 Å². The molecule has 10 nitrogen and oxygen atoms in total. The molecule has 4 N–H and O–H groups in total. The number of esters is 1. The van der Waals surface area contributed by atoms with Gasteiger partial charge >= 0.3 is 5.97 Å². The third-order valence-corrected chi connectivity index (χ3v) is 6.56. The number of hydrogen-bond acceptors (Lipinski definition) is 8. The van der Waals surface area contributed by atoms with Crippen LogP contribution in [0.1, 0.15) is 34.7 Å². The molecule has 2 heterocycles. The summed E-state index contributed by atoms with van der Waals surface area (Å²) in [6.45, 7) is 1.94. The monoisotopic (exact) mass is 519 g/mol. The highest BCUT2D eigenvalue weighted by atomic mass is 16.5. The lowest BCUT2D eigenvalue weighted by atomic mass is 9.87. The minimum atomic E-state index is -0.852. The molecule has 0 amide bonds. The van der Waals surface area contributed by atoms with Crippen LogP contribution in [0.4, 0.5) is 0 Å². The minimum Gasteiger partial charge on any atom is -0.507 e. The van der Waals surface area contributed by atoms with Crippen LogP contribution < -0.4 is 10.3 Å². The zero-order chi connectivity index (χ0) is 27.4. The second-order valence-corrected chi connectivity index (χ2v) is 8.88. The van der Waals surface area contributed by atoms with Crippen LogP contribution >= 0.6 is 0 Å². The van der Waals surface area contributed by atoms with E-state index in [1.165, 1.54) is 36.1 Å². The Balaban J connectivity index is 1.78. The zero-order valence-corrected chi connectivity index (χ0v) is 21.3. The molecule has 2 aromatic heterocycles. The summed E-state index contributed by atoms with van der Waals surface area (Å²) >= 11 is 0. The lowest BCUT2D eigenvalue weighted by Crippen LogP contribution is -2.29. The van der Waals surface area contributed by atoms with Crippen molar-refractivity contribution in [2.45, 2.75) is 32.2 Å². The van der Waals surface area contributed by atoms with Gasteiger partial charge < -0.3 is 29.4 Å². The van der Waals surface area contributed by atoms with Crippen LogP contribution in [0.15, 0.2) is 59.5 Å². The topological polar surface area (TPSA) is 147 Å². The van der Waals surface area contributed by atoms with Crippen molar-refractivity contribution in [1.82, 2.24) is 14.8 Å². The predicted octanol–water partition coefficient (Wildman–Crippen LogP) is 3.61. The number of pyridine rings is 1. The van der Waals surface area contributed by atoms with Crippen LogP contribution in [0.3, 0.4) is 0 Å². The summed E-state index contributed by atoms with van der Waals surface area (Å²) in [7, 11) is 2.83. The van der Waals surface area contributed by atoms with Gasteiger partial charge in [-0.25, -0.2) is 0 Å². The predicted molar refractivity (Wildman–Crippen MR) is 140 cm³/mol. The molecule has 1 atom stereocenters. The number of aromatic amines is 1. The number of hydrogen-bond donors (Lipinski definition) is 4. The standard InChI is InChI=1S/C28H29N3O7/c1-16-12-24(34)26(28(36)31(16)11-10-17-4-9-22(32)23(33)13-17)20(14-25(35)38-3)21-15-29-30-27(21)18-5-7-19(37-2)8-6-18/h4-9,12-13,15,20,32-34H,10-11,14H2,1-3H3,(H,29,30)/t20-/m0/s1. The van der Waals surface area contributed by atoms with Gasteiger partial charge in [0.1, 0.15) is 11.5 Å². The number of nitrogens with one attached hydrogen (secondary N) is 1. The van der Waals surface area contributed by atoms with Crippen molar-refractivity contribution in [3.05, 3.63) is 87.5 Å². The van der Waals surface area contributed by atoms with Crippen LogP contribution in [0.2, 0.25) is 0 Å². The van der Waals surface area contributed by atoms with Gasteiger partial charge in [-0.05, 0) is 61.4 Å². The number of aryl methyl sites for hydroxylation is 2. The molecule has 4 rings (SSSR count). The third kappa shape index (κ3) is 5.34. The van der Waals surface area contributed by atoms with Crippen molar-refractivity contribution in [2.75, 3.05) is 14.2 Å². The van der Waals surface area contributed by atoms with Gasteiger partial charge in [0.05, 0.1) is 38.1 Å². The quantitative estimate of drug-likeness (QED) is 0.194. The molecule has 0 aliphatic rings. The molecule has 0 spiro atoms. The number of aromatic nitrogens is 3. The summed E-state index contributed by atoms with van der Waals surface area (Å²) in [6, 6.07) is 13.2. The van der Waals surface area contributed by atoms with Gasteiger partial charge in [-0.3, -0.25) is 14.7 Å². The van der Waals surface area contributed by atoms with Crippen molar-refractivity contribution in [3.63, 3.8) is 0 Å². The van der Waals surface area contributed by atoms with Gasteiger partial charge in [-0.15, -0.1) is 0 Å². The van der Waals surface area contributed by atoms with E-state index in [0.29, 0.717) is 34.7 Å². The average molecular weight is 520 g/mol. The molecule has 0 radical (unpaired) electrons. The van der Waals surface area contributed by atoms with Gasteiger partial charge in [0.2, 0.25) is 0 Å². The fourth-order valence-corrected chi connectivity index (χ4v) is 4.51. The number of benzene rings is 2. The van der Waals surface area contributed by atoms with Crippen molar-refractivity contribution in [2.24, 2.45) is 0 Å². The molecule has 198 valence electrons. The maximum atomic E-state index is 13.8. The van der Waals surface area contributed by atoms with Gasteiger partial charge in [0.25, 0.3) is 5.56 Å². The molecular formula is C28H29N3O7. The molecule has 0 aliphatic carbocycles. The number of phenolic OH excluding ortho intramolecular Hbond substituents is 2. The highest BCUT2D eigenvalue weighted by Gasteiger charge is 2.29. The number of carbonyl (C=O) groups is 1. The summed E-state index contributed by atoms with van der Waals surface area (Å²) in [6.07, 6.45) is 1.72. The minimum absolute atomic E-state index is 0.0470. The molecular weight excluding hydrogens is 490 g/mol. The number of aromatic hydroxyl groups is 3. The van der Waals surface area contributed by atoms with E-state index in [0.717, 1.165) is 5.56 Å². The van der Waals surface area contributed by atoms with Crippen LogP contribution in [0.25, 0.3) is 11.3 Å². The molecule has 0 saturated carbocycles. The highest BCUT2D eigenvalue weighted by Crippen LogP contribution is 2.37. The number of methoxy groups -OCH3 is 2. The summed E-state index contributed by atoms with van der Waals surface area (Å²) in [5.74, 6) is -1.45. The first-order valence-corrected chi connectivity index (χ1v) is 11.9. The number of phenols is 2. The Hall–Kier alpha value is -4.73. The Labute approximate surface area is 218 Å². The first-order chi connectivity index (χ1) is 18.2. The maximum Gasteiger partial charge on any atom is 0.306 e. The average Bonchev–Trinajstić information content (AvgIpc) is 3.39. The summed E-state index contributed by atoms with van der Waals surface area (Å²) in [4.78, 5) is 26.3. The molecule has 0 saturated heterocycles. The first-order valence-electron chi connectivity index (χ1n) is 11.9. The third-order valence-electron chi connectivity index (χ3n) is 6.56. The number of nitrogens with zero attached hydrogens (tertiary/aromatic N) is 2. The van der Waals surface area contributed by atoms with Crippen LogP contribution in [-0.4, -0.2) is 50.3 Å². The Kier molecular flexibility index (Phi) is 7.71. The maximum absolute atomic E-state index is 13.8. The largest absolute Gasteiger partial charge is 0.507 e. The second-order valence-electron chi connectivity index (χ2n) is 8.88. The lowest BCUT2D eigenvalue weighted by molar-refractivity contribution is -0.140. The van der Waals surface area contributed by atoms with Crippen LogP contribution in [0.5, 0.6) is 23.0 Å². The van der Waals surface area contributed by atoms with E-state index in [9.17, 15) is 24.9 Å². The van der Waals surface area contributed by atoms with Crippen molar-refractivity contribution < 1.29 is 29.6 Å². The SMILES string of the molecule is COC(=O)C[C@@H](c1cn[nH]c1-c1ccc(OC)cc1)c1c(O)cc(C)n(CCc2ccc(O)c(O)c2)c1=O. The summed E-state index contributed by atoms with van der Waals surface area (Å²) < 4.78 is 11.7. The van der Waals surface area contributed by atoms with Gasteiger partial charge in [-0.2, -0.15) is 5.10 Å². The van der Waals surface area contributed by atoms with Crippen molar-refractivity contribution in [3.8, 4) is 34.3 Å². The molecule has 0 aliphatic heterocycles. The molecule has 0 bridgehead atoms. The van der Waals surface area contributed by atoms with Gasteiger partial charge in [0, 0.05) is 29.3 Å². The van der Waals surface area contributed by atoms with Crippen molar-refractivity contribution in [1.29, 1.82) is 0 Å². The fourth-order valence-electron chi connectivity index (χ4n) is 4.51. The Bertz CT molecular complexity index is 1510. The van der Waals surface area contributed by atoms with E-state index in [1.807, 2.05) is 12.1 Å². The first kappa shape index (κ1) is 26.3. The molecule has 2 aromatic carbocycles. The Morgan fingerprint density at radius 2 is 1.76 bits per heavy atom. The molecule has 10 heteroatoms. The summed E-state index contributed by atoms with van der Waals surface area (Å²) in [5, 5.41) is 37.5. The molecule has 4 aromatic rings. The number of rotatable bonds is 9. The van der Waals surface area contributed by atoms with E-state index in [4.69, 9.17) is 9.47 Å². The van der Waals surface area contributed by atoms with E-state index < -0.39 is 17.4 Å². The van der Waals surface area contributed by atoms with Gasteiger partial charge in [0.15, 0.2) is 11.5 Å². The highest BCUT2D eigenvalue weighted by molar-refractivity contribution is 5.73. The van der Waals surface area contributed by atoms with E-state index >= 15 is 0 Å². The Morgan fingerprint density at radius 3 is 2.42 bits per heavy atom. The molecule has 0 unspecified atom stereocenters. The smallest absolute Gasteiger partial charge is 0.306 e. The number of carbonyl (C=O) groups excluding carboxylic acids is 1. The Morgan fingerprint density at radius 1 is 1.03 bits per heavy atom. The molecule has 38 heavy (non-hydrogen) atoms. The normalized spacial score (nSPS) is 11.8. The molecule has 0 fully saturated rings. The fraction of sp³-hybridized carbons (Fsp3) is 0.250. The second kappa shape index (κ2) is 11.1. The number of H-pyrrole nitrogens is 1. The zero-order valence-electron chi connectivity index (χ0n) is 21.3. The van der Waals surface area contributed by atoms with Gasteiger partial charge in [-0.1, -0.05) is 6.07 Å². The van der Waals surface area contributed by atoms with E-state index in [1.54, 1.807) is 32.2 Å². The van der Waals surface area contributed by atoms with Crippen LogP contribution in [0, 0.1) is 6.92 Å². The lowest BCUT2D eigenvalue weighted by Gasteiger charge is -2.20. The summed E-state index contributed by atoms with van der Waals surface area (Å²) in [5.41, 5.74) is 2.72. The van der Waals surface area contributed by atoms with Crippen molar-refractivity contribution >= 4 is 5.97 Å². The van der Waals surface area contributed by atoms with E-state index in [2.05, 4.69) is 10.2 Å². The van der Waals surface area contributed by atoms with E-state index in [-0.39, 0.29) is 35.8 Å².